The lowest BCUT2D eigenvalue weighted by atomic mass is 10.0. The molecular weight excluding hydrogens is 1120 g/mol. The fourth-order valence-electron chi connectivity index (χ4n) is 10.1. The summed E-state index contributed by atoms with van der Waals surface area (Å²) in [6.45, 7) is 4.82. The molecule has 0 aromatic carbocycles. The molecule has 0 fully saturated rings. The Kier molecular flexibility index (Phi) is 54.4. The van der Waals surface area contributed by atoms with Gasteiger partial charge in [-0.25, -0.2) is 4.79 Å². The number of hydrogen-bond donors (Lipinski definition) is 12. The Morgan fingerprint density at radius 3 is 1.06 bits per heavy atom. The van der Waals surface area contributed by atoms with E-state index in [1.54, 1.807) is 0 Å². The van der Waals surface area contributed by atoms with Crippen molar-refractivity contribution in [3.63, 3.8) is 0 Å². The molecule has 0 spiro atoms. The van der Waals surface area contributed by atoms with Crippen molar-refractivity contribution in [2.24, 2.45) is 22.9 Å². The first kappa shape index (κ1) is 79.9. The average molecular weight is 1240 g/mol. The van der Waals surface area contributed by atoms with Crippen LogP contribution < -0.4 is 54.8 Å². The highest BCUT2D eigenvalue weighted by molar-refractivity contribution is 7.99. The summed E-state index contributed by atoms with van der Waals surface area (Å²) < 4.78 is 14.4. The Hall–Kier alpha value is -4.09. The van der Waals surface area contributed by atoms with Crippen LogP contribution in [-0.4, -0.2) is 145 Å². The van der Waals surface area contributed by atoms with E-state index < -0.39 is 84.3 Å². The van der Waals surface area contributed by atoms with Crippen molar-refractivity contribution in [2.45, 2.75) is 307 Å². The zero-order valence-corrected chi connectivity index (χ0v) is 54.5. The second-order valence-corrected chi connectivity index (χ2v) is 24.4. The maximum atomic E-state index is 14.2. The normalized spacial score (nSPS) is 13.5. The largest absolute Gasteiger partial charge is 0.480 e. The molecule has 6 atom stereocenters. The number of carbonyl (C=O) groups is 8. The number of nitrogens with two attached hydrogens (primary N) is 4. The Bertz CT molecular complexity index is 1800. The maximum Gasteiger partial charge on any atom is 0.326 e. The zero-order chi connectivity index (χ0) is 64.6. The van der Waals surface area contributed by atoms with E-state index in [0.29, 0.717) is 89.2 Å². The molecule has 6 amide bonds. The molecule has 0 unspecified atom stereocenters. The van der Waals surface area contributed by atoms with E-state index in [-0.39, 0.29) is 62.7 Å². The second kappa shape index (κ2) is 58.6. The van der Waals surface area contributed by atoms with Gasteiger partial charge in [-0.15, -0.1) is 0 Å². The lowest BCUT2D eigenvalue weighted by Gasteiger charge is -2.27. The Morgan fingerprint density at radius 1 is 0.407 bits per heavy atom. The van der Waals surface area contributed by atoms with Crippen molar-refractivity contribution < 1.29 is 54.7 Å². The summed E-state index contributed by atoms with van der Waals surface area (Å²) in [5.74, 6) is -6.02. The van der Waals surface area contributed by atoms with Gasteiger partial charge in [-0.2, -0.15) is 11.8 Å². The van der Waals surface area contributed by atoms with Crippen LogP contribution in [0.25, 0.3) is 0 Å². The molecule has 0 aliphatic rings. The molecule has 0 saturated carbocycles. The highest BCUT2D eigenvalue weighted by Gasteiger charge is 2.33. The van der Waals surface area contributed by atoms with E-state index in [1.165, 1.54) is 121 Å². The summed E-state index contributed by atoms with van der Waals surface area (Å²) in [7, 11) is 0. The van der Waals surface area contributed by atoms with Gasteiger partial charge < -0.3 is 69.8 Å². The third-order valence-electron chi connectivity index (χ3n) is 15.5. The molecule has 0 aromatic rings. The van der Waals surface area contributed by atoms with Gasteiger partial charge in [-0.05, 0) is 116 Å². The van der Waals surface area contributed by atoms with E-state index in [2.05, 4.69) is 40.4 Å². The quantitative estimate of drug-likeness (QED) is 0.0205. The molecule has 21 nitrogen and oxygen atoms in total. The van der Waals surface area contributed by atoms with Gasteiger partial charge in [0, 0.05) is 24.3 Å². The number of amides is 6. The van der Waals surface area contributed by atoms with Gasteiger partial charge in [0.25, 0.3) is 0 Å². The third kappa shape index (κ3) is 46.1. The Balaban J connectivity index is 6.08. The lowest BCUT2D eigenvalue weighted by molar-refractivity contribution is -0.143. The molecule has 22 heteroatoms. The molecule has 0 rings (SSSR count). The van der Waals surface area contributed by atoms with E-state index in [4.69, 9.17) is 29.1 Å². The first-order valence-corrected chi connectivity index (χ1v) is 35.0. The van der Waals surface area contributed by atoms with Crippen molar-refractivity contribution in [3.8, 4) is 0 Å². The van der Waals surface area contributed by atoms with Crippen molar-refractivity contribution in [3.05, 3.63) is 0 Å². The summed E-state index contributed by atoms with van der Waals surface area (Å²) in [6, 6.07) is -7.99. The number of unbranched alkanes of at least 4 members (excludes halogenated alkanes) is 28. The van der Waals surface area contributed by atoms with Crippen LogP contribution in [0.15, 0.2) is 0 Å². The molecule has 16 N–H and O–H groups in total. The molecule has 0 aromatic heterocycles. The topological polar surface area (TPSA) is 363 Å². The minimum atomic E-state index is -1.63. The van der Waals surface area contributed by atoms with Gasteiger partial charge in [0.15, 0.2) is 1.41 Å². The minimum Gasteiger partial charge on any atom is -0.480 e. The van der Waals surface area contributed by atoms with Crippen LogP contribution in [0.4, 0.5) is 0 Å². The van der Waals surface area contributed by atoms with Gasteiger partial charge in [-0.3, -0.25) is 33.6 Å². The highest BCUT2D eigenvalue weighted by atomic mass is 32.2. The van der Waals surface area contributed by atoms with Crippen LogP contribution in [0.1, 0.15) is 271 Å². The van der Waals surface area contributed by atoms with Crippen LogP contribution in [-0.2, 0) is 43.1 Å². The zero-order valence-electron chi connectivity index (χ0n) is 54.6. The van der Waals surface area contributed by atoms with Crippen molar-refractivity contribution in [2.75, 3.05) is 50.9 Å². The third-order valence-corrected chi connectivity index (χ3v) is 16.5. The van der Waals surface area contributed by atoms with E-state index in [9.17, 15) is 48.6 Å². The smallest absolute Gasteiger partial charge is 0.326 e. The van der Waals surface area contributed by atoms with Crippen molar-refractivity contribution >= 4 is 59.1 Å². The van der Waals surface area contributed by atoms with Crippen LogP contribution in [0.5, 0.6) is 0 Å². The highest BCUT2D eigenvalue weighted by Crippen LogP contribution is 2.16. The fraction of sp³-hybridized carbons (Fsp3) is 0.875. The molecule has 86 heavy (non-hydrogen) atoms. The van der Waals surface area contributed by atoms with Gasteiger partial charge in [0.2, 0.25) is 35.4 Å². The van der Waals surface area contributed by atoms with Gasteiger partial charge in [0.1, 0.15) is 42.9 Å². The molecule has 0 radical (unpaired) electrons. The van der Waals surface area contributed by atoms with Gasteiger partial charge >= 0.3 is 11.9 Å². The molecule has 0 heterocycles. The minimum absolute atomic E-state index is 0.0320. The lowest BCUT2D eigenvalue weighted by Crippen LogP contribution is -2.60. The number of aliphatic hydroxyl groups is 1. The van der Waals surface area contributed by atoms with Crippen LogP contribution in [0.3, 0.4) is 0 Å². The number of rotatable bonds is 62. The van der Waals surface area contributed by atoms with Crippen LogP contribution in [0, 0.1) is 0 Å². The van der Waals surface area contributed by atoms with E-state index in [0.717, 1.165) is 51.4 Å². The number of carboxylic acid groups (broad SMARTS) is 1. The number of carboxylic acids is 1. The summed E-state index contributed by atoms with van der Waals surface area (Å²) >= 11 is 1.20. The van der Waals surface area contributed by atoms with Crippen molar-refractivity contribution in [1.29, 1.82) is 0 Å². The van der Waals surface area contributed by atoms with Gasteiger partial charge in [0.05, 0.1) is 6.61 Å². The second-order valence-electron chi connectivity index (χ2n) is 23.3. The van der Waals surface area contributed by atoms with Gasteiger partial charge in [-0.1, -0.05) is 168 Å². The predicted octanol–water partition coefficient (Wildman–Crippen LogP) is 7.73. The summed E-state index contributed by atoms with van der Waals surface area (Å²) in [5.41, 5.74) is 22.9. The SMILES string of the molecule is [2H]N(C(=O)CCCCCCCCCCCCCCC)[C@@H](CSCCOC(=O)CCCCCCCCCCCCCCC)C(=O)N[C@@H](CO)C(=O)N[C@@H](CCCCN)C(=O)N[C@@H](CCCCN)C(=O)N[C@@H](CCCCN)C(=O)N[C@@H](CCCCN)C(=O)O. The first-order valence-electron chi connectivity index (χ1n) is 34.3. The summed E-state index contributed by atoms with van der Waals surface area (Å²) in [5, 5.41) is 34.1. The number of aliphatic hydroxyl groups excluding tert-OH is 1. The van der Waals surface area contributed by atoms with E-state index >= 15 is 0 Å². The molecule has 502 valence electrons. The fourth-order valence-corrected chi connectivity index (χ4v) is 10.9. The maximum absolute atomic E-state index is 14.2. The first-order chi connectivity index (χ1) is 42.1. The van der Waals surface area contributed by atoms with Crippen LogP contribution >= 0.6 is 11.8 Å². The molecule has 0 aliphatic carbocycles. The molecule has 0 bridgehead atoms. The number of thioether (sulfide) groups is 1. The average Bonchev–Trinajstić information content (AvgIpc) is 3.69. The number of aliphatic carboxylic acids is 1. The summed E-state index contributed by atoms with van der Waals surface area (Å²) in [4.78, 5) is 108. The number of nitrogens with one attached hydrogen (secondary N) is 6. The van der Waals surface area contributed by atoms with E-state index in [1.807, 2.05) is 0 Å². The molecule has 0 aliphatic heterocycles. The Morgan fingerprint density at radius 2 is 0.709 bits per heavy atom. The van der Waals surface area contributed by atoms with Crippen molar-refractivity contribution in [1.82, 2.24) is 31.9 Å². The Labute approximate surface area is 524 Å². The predicted molar refractivity (Wildman–Crippen MR) is 347 cm³/mol. The molecular formula is C64H124N10O11S. The number of hydrogen-bond acceptors (Lipinski definition) is 15. The number of carbonyl (C=O) groups excluding carboxylic acids is 7. The number of esters is 1. The summed E-state index contributed by atoms with van der Waals surface area (Å²) in [6.07, 6.45) is 34.4. The number of ether oxygens (including phenoxy) is 1. The van der Waals surface area contributed by atoms with Crippen LogP contribution in [0.2, 0.25) is 1.41 Å². The monoisotopic (exact) mass is 1240 g/mol. The molecule has 0 saturated heterocycles. The standard InChI is InChI=1S/C64H124N10O11S/c1-3-5-7-9-11-13-15-17-19-21-23-25-27-41-57(76)69-56(50-86-48-47-85-58(77)42-28-26-24-22-20-18-16-14-12-10-8-6-4-2)63(82)74-55(49-75)62(81)72-52(38-30-34-44-66)60(79)70-51(37-29-33-43-65)59(78)71-53(39-31-35-45-67)61(80)73-54(64(83)84)40-32-36-46-68/h51-56,75H,3-50,65-68H2,1-2H3,(H,69,76)(H,70,79)(H,71,78)(H,72,81)(H,73,80)(H,74,82)(H,83,84)/t51-,52-,53-,54-,55-,56-/m0/s1/i/hD.